The summed E-state index contributed by atoms with van der Waals surface area (Å²) in [4.78, 5) is 0. The van der Waals surface area contributed by atoms with Crippen molar-refractivity contribution in [3.8, 4) is 0 Å². The molecule has 0 bridgehead atoms. The van der Waals surface area contributed by atoms with Gasteiger partial charge in [-0.2, -0.15) is 0 Å². The first-order chi connectivity index (χ1) is 5.58. The maximum atomic E-state index is 11.3. The fraction of sp³-hybridized carbons (Fsp3) is 1.00. The van der Waals surface area contributed by atoms with Crippen LogP contribution in [0.15, 0.2) is 0 Å². The summed E-state index contributed by atoms with van der Waals surface area (Å²) < 4.78 is 22.5. The van der Waals surface area contributed by atoms with Crippen LogP contribution in [-0.4, -0.2) is 26.0 Å². The van der Waals surface area contributed by atoms with E-state index in [2.05, 4.69) is 0 Å². The summed E-state index contributed by atoms with van der Waals surface area (Å²) in [6.45, 7) is 0. The molecule has 1 heterocycles. The van der Waals surface area contributed by atoms with E-state index in [1.807, 2.05) is 0 Å². The molecule has 3 atom stereocenters. The molecule has 0 radical (unpaired) electrons. The summed E-state index contributed by atoms with van der Waals surface area (Å²) in [6, 6.07) is 0.295. The van der Waals surface area contributed by atoms with Crippen LogP contribution in [0, 0.1) is 11.8 Å². The summed E-state index contributed by atoms with van der Waals surface area (Å²) in [7, 11) is -2.72. The van der Waals surface area contributed by atoms with Gasteiger partial charge in [-0.25, -0.2) is 8.42 Å². The van der Waals surface area contributed by atoms with Crippen LogP contribution in [0.25, 0.3) is 0 Å². The van der Waals surface area contributed by atoms with E-state index < -0.39 is 9.84 Å². The quantitative estimate of drug-likeness (QED) is 0.639. The summed E-state index contributed by atoms with van der Waals surface area (Å²) in [6.07, 6.45) is 2.95. The highest BCUT2D eigenvalue weighted by Crippen LogP contribution is 2.40. The molecule has 1 aliphatic heterocycles. The Morgan fingerprint density at radius 2 is 2.00 bits per heavy atom. The van der Waals surface area contributed by atoms with Crippen LogP contribution in [0.2, 0.25) is 0 Å². The zero-order chi connectivity index (χ0) is 8.77. The van der Waals surface area contributed by atoms with Crippen LogP contribution in [-0.2, 0) is 9.84 Å². The van der Waals surface area contributed by atoms with Crippen LogP contribution in [0.4, 0.5) is 0 Å². The Morgan fingerprint density at radius 3 is 2.50 bits per heavy atom. The molecule has 3 nitrogen and oxygen atoms in total. The standard InChI is InChI=1S/C8H15NO2S/c9-8-4-7(8)6-2-1-3-12(10,11)5-6/h6-8H,1-5,9H2/t6?,7-,8+/m1/s1. The molecule has 4 heteroatoms. The van der Waals surface area contributed by atoms with Gasteiger partial charge in [0.2, 0.25) is 0 Å². The van der Waals surface area contributed by atoms with E-state index in [0.717, 1.165) is 19.3 Å². The molecule has 1 unspecified atom stereocenters. The Labute approximate surface area is 73.2 Å². The molecule has 2 aliphatic rings. The minimum absolute atomic E-state index is 0.295. The Morgan fingerprint density at radius 1 is 1.33 bits per heavy atom. The van der Waals surface area contributed by atoms with Gasteiger partial charge in [0.05, 0.1) is 11.5 Å². The van der Waals surface area contributed by atoms with Crippen molar-refractivity contribution in [2.45, 2.75) is 25.3 Å². The summed E-state index contributed by atoms with van der Waals surface area (Å²) in [5, 5.41) is 0. The van der Waals surface area contributed by atoms with Crippen LogP contribution in [0.3, 0.4) is 0 Å². The van der Waals surface area contributed by atoms with Gasteiger partial charge < -0.3 is 5.73 Å². The third-order valence-electron chi connectivity index (χ3n) is 2.99. The van der Waals surface area contributed by atoms with Crippen LogP contribution in [0.1, 0.15) is 19.3 Å². The molecule has 0 aromatic rings. The van der Waals surface area contributed by atoms with Crippen molar-refractivity contribution in [3.63, 3.8) is 0 Å². The molecule has 12 heavy (non-hydrogen) atoms. The highest BCUT2D eigenvalue weighted by Gasteiger charge is 2.42. The van der Waals surface area contributed by atoms with E-state index in [-0.39, 0.29) is 0 Å². The summed E-state index contributed by atoms with van der Waals surface area (Å²) >= 11 is 0. The summed E-state index contributed by atoms with van der Waals surface area (Å²) in [5.74, 6) is 1.68. The highest BCUT2D eigenvalue weighted by molar-refractivity contribution is 7.91. The molecule has 2 fully saturated rings. The smallest absolute Gasteiger partial charge is 0.150 e. The van der Waals surface area contributed by atoms with E-state index in [4.69, 9.17) is 5.73 Å². The van der Waals surface area contributed by atoms with Gasteiger partial charge >= 0.3 is 0 Å². The molecule has 1 aliphatic carbocycles. The Hall–Kier alpha value is -0.0900. The van der Waals surface area contributed by atoms with Gasteiger partial charge in [0.1, 0.15) is 0 Å². The number of nitrogens with two attached hydrogens (primary N) is 1. The lowest BCUT2D eigenvalue weighted by atomic mass is 10.00. The third kappa shape index (κ3) is 1.64. The van der Waals surface area contributed by atoms with Crippen LogP contribution >= 0.6 is 0 Å². The Kier molecular flexibility index (Phi) is 1.92. The lowest BCUT2D eigenvalue weighted by Gasteiger charge is -2.21. The lowest BCUT2D eigenvalue weighted by molar-refractivity contribution is 0.433. The maximum absolute atomic E-state index is 11.3. The van der Waals surface area contributed by atoms with Gasteiger partial charge in [-0.3, -0.25) is 0 Å². The molecular formula is C8H15NO2S. The van der Waals surface area contributed by atoms with E-state index in [1.165, 1.54) is 0 Å². The molecule has 1 saturated carbocycles. The van der Waals surface area contributed by atoms with E-state index in [9.17, 15) is 8.42 Å². The molecule has 1 saturated heterocycles. The van der Waals surface area contributed by atoms with Crippen molar-refractivity contribution in [3.05, 3.63) is 0 Å². The lowest BCUT2D eigenvalue weighted by Crippen LogP contribution is -2.27. The van der Waals surface area contributed by atoms with Crippen molar-refractivity contribution >= 4 is 9.84 Å². The normalized spacial score (nSPS) is 45.6. The van der Waals surface area contributed by atoms with Crippen molar-refractivity contribution < 1.29 is 8.42 Å². The van der Waals surface area contributed by atoms with Crippen molar-refractivity contribution in [1.82, 2.24) is 0 Å². The largest absolute Gasteiger partial charge is 0.327 e. The first kappa shape index (κ1) is 8.51. The van der Waals surface area contributed by atoms with Gasteiger partial charge in [0.15, 0.2) is 9.84 Å². The molecule has 0 spiro atoms. The second-order valence-corrected chi connectivity index (χ2v) is 6.31. The van der Waals surface area contributed by atoms with Gasteiger partial charge in [-0.05, 0) is 31.1 Å². The summed E-state index contributed by atoms with van der Waals surface area (Å²) in [5.41, 5.74) is 5.69. The van der Waals surface area contributed by atoms with Gasteiger partial charge in [0, 0.05) is 6.04 Å². The Balaban J connectivity index is 2.00. The average molecular weight is 189 g/mol. The van der Waals surface area contributed by atoms with Crippen molar-refractivity contribution in [1.29, 1.82) is 0 Å². The number of sulfone groups is 1. The van der Waals surface area contributed by atoms with E-state index in [1.54, 1.807) is 0 Å². The SMILES string of the molecule is N[C@H]1C[C@@H]1C1CCCS(=O)(=O)C1. The molecule has 0 aromatic heterocycles. The first-order valence-electron chi connectivity index (χ1n) is 4.54. The van der Waals surface area contributed by atoms with E-state index >= 15 is 0 Å². The van der Waals surface area contributed by atoms with Crippen molar-refractivity contribution in [2.24, 2.45) is 17.6 Å². The minimum Gasteiger partial charge on any atom is -0.327 e. The molecule has 0 aromatic carbocycles. The predicted molar refractivity (Wildman–Crippen MR) is 47.5 cm³/mol. The van der Waals surface area contributed by atoms with Gasteiger partial charge in [0.25, 0.3) is 0 Å². The van der Waals surface area contributed by atoms with Gasteiger partial charge in [-0.15, -0.1) is 0 Å². The minimum atomic E-state index is -2.72. The molecule has 0 amide bonds. The highest BCUT2D eigenvalue weighted by atomic mass is 32.2. The fourth-order valence-corrected chi connectivity index (χ4v) is 4.01. The van der Waals surface area contributed by atoms with Crippen LogP contribution in [0.5, 0.6) is 0 Å². The monoisotopic (exact) mass is 189 g/mol. The topological polar surface area (TPSA) is 60.2 Å². The molecular weight excluding hydrogens is 174 g/mol. The third-order valence-corrected chi connectivity index (χ3v) is 4.84. The average Bonchev–Trinajstić information content (AvgIpc) is 2.64. The molecule has 2 N–H and O–H groups in total. The van der Waals surface area contributed by atoms with E-state index in [0.29, 0.717) is 29.4 Å². The number of hydrogen-bond acceptors (Lipinski definition) is 3. The molecule has 70 valence electrons. The molecule has 2 rings (SSSR count). The van der Waals surface area contributed by atoms with Crippen LogP contribution < -0.4 is 5.73 Å². The fourth-order valence-electron chi connectivity index (χ4n) is 2.17. The predicted octanol–water partition coefficient (Wildman–Crippen LogP) is 0.158. The second kappa shape index (κ2) is 2.70. The zero-order valence-electron chi connectivity index (χ0n) is 7.07. The van der Waals surface area contributed by atoms with Crippen molar-refractivity contribution in [2.75, 3.05) is 11.5 Å². The number of rotatable bonds is 1. The Bertz CT molecular complexity index is 273. The first-order valence-corrected chi connectivity index (χ1v) is 6.37. The second-order valence-electron chi connectivity index (χ2n) is 4.08. The zero-order valence-corrected chi connectivity index (χ0v) is 7.89. The van der Waals surface area contributed by atoms with Gasteiger partial charge in [-0.1, -0.05) is 0 Å². The maximum Gasteiger partial charge on any atom is 0.150 e. The number of hydrogen-bond donors (Lipinski definition) is 1.